The molecule has 0 aliphatic heterocycles. The normalized spacial score (nSPS) is 11.7. The van der Waals surface area contributed by atoms with Gasteiger partial charge in [-0.25, -0.2) is 0 Å². The summed E-state index contributed by atoms with van der Waals surface area (Å²) in [5, 5.41) is 15.2. The van der Waals surface area contributed by atoms with E-state index in [1.807, 2.05) is 0 Å². The number of para-hydroxylation sites is 4. The average Bonchev–Trinajstić information content (AvgIpc) is 1.55. The Balaban J connectivity index is 0.000000138. The zero-order valence-corrected chi connectivity index (χ0v) is 55.7. The number of rotatable bonds is 9. The minimum Gasteiger partial charge on any atom is -0.309 e. The van der Waals surface area contributed by atoms with Crippen LogP contribution in [-0.4, -0.2) is 18.3 Å². The molecule has 476 valence electrons. The van der Waals surface area contributed by atoms with Crippen molar-refractivity contribution < 1.29 is 0 Å². The van der Waals surface area contributed by atoms with Crippen LogP contribution < -0.4 is 0 Å². The van der Waals surface area contributed by atoms with Crippen LogP contribution in [0.15, 0.2) is 388 Å². The first-order chi connectivity index (χ1) is 50.6. The van der Waals surface area contributed by atoms with E-state index < -0.39 is 0 Å². The molecule has 4 heterocycles. The Bertz CT molecular complexity index is 6790. The van der Waals surface area contributed by atoms with E-state index >= 15 is 0 Å². The van der Waals surface area contributed by atoms with Crippen molar-refractivity contribution in [3.63, 3.8) is 0 Å². The third-order valence-corrected chi connectivity index (χ3v) is 21.0. The quantitative estimate of drug-likeness (QED) is 0.137. The van der Waals surface area contributed by atoms with Crippen molar-refractivity contribution >= 4 is 109 Å². The second-order valence-electron chi connectivity index (χ2n) is 26.7. The zero-order valence-electron chi connectivity index (χ0n) is 55.7. The number of benzene rings is 17. The van der Waals surface area contributed by atoms with Crippen molar-refractivity contribution in [1.82, 2.24) is 18.3 Å². The van der Waals surface area contributed by atoms with Crippen molar-refractivity contribution in [3.8, 4) is 78.4 Å². The highest BCUT2D eigenvalue weighted by molar-refractivity contribution is 6.30. The SMILES string of the molecule is c1ccc(-c2ccc(-c3ccc(-n4c5ccccc5c5c6c7ccccc7n(-c7ccc8cc(-c9ccccc9)ccc8c7)c6ccc54)cc3)cc2)cc1.c1ccc(-c2ccc(-c3ccc(-n4c5ccccc5c5c6c7ccccc7n(-c7cccc8ccccc78)c6ccc54)cc3)cc2)cc1. The summed E-state index contributed by atoms with van der Waals surface area (Å²) in [6, 6.07) is 141. The van der Waals surface area contributed by atoms with E-state index in [9.17, 15) is 0 Å². The molecule has 0 fully saturated rings. The van der Waals surface area contributed by atoms with Gasteiger partial charge in [0.05, 0.1) is 49.8 Å². The second kappa shape index (κ2) is 24.2. The van der Waals surface area contributed by atoms with Crippen LogP contribution >= 0.6 is 0 Å². The number of aromatic nitrogens is 4. The maximum absolute atomic E-state index is 2.45. The first-order valence-corrected chi connectivity index (χ1v) is 35.1. The van der Waals surface area contributed by atoms with E-state index in [4.69, 9.17) is 0 Å². The van der Waals surface area contributed by atoms with Crippen LogP contribution in [0.1, 0.15) is 0 Å². The molecule has 4 heteroatoms. The van der Waals surface area contributed by atoms with Crippen molar-refractivity contribution in [2.75, 3.05) is 0 Å². The lowest BCUT2D eigenvalue weighted by atomic mass is 10.0. The van der Waals surface area contributed by atoms with Crippen LogP contribution in [0.5, 0.6) is 0 Å². The van der Waals surface area contributed by atoms with Gasteiger partial charge >= 0.3 is 0 Å². The second-order valence-corrected chi connectivity index (χ2v) is 26.7. The largest absolute Gasteiger partial charge is 0.309 e. The lowest BCUT2D eigenvalue weighted by Crippen LogP contribution is -1.96. The predicted molar refractivity (Wildman–Crippen MR) is 432 cm³/mol. The molecule has 0 saturated carbocycles. The summed E-state index contributed by atoms with van der Waals surface area (Å²) >= 11 is 0. The monoisotopic (exact) mass is 1300 g/mol. The minimum absolute atomic E-state index is 1.15. The highest BCUT2D eigenvalue weighted by atomic mass is 15.0. The molecule has 0 spiro atoms. The predicted octanol–water partition coefficient (Wildman–Crippen LogP) is 26.4. The van der Waals surface area contributed by atoms with Crippen LogP contribution in [-0.2, 0) is 0 Å². The molecule has 0 aliphatic carbocycles. The Hall–Kier alpha value is -13.5. The van der Waals surface area contributed by atoms with Gasteiger partial charge in [0, 0.05) is 65.5 Å². The van der Waals surface area contributed by atoms with Gasteiger partial charge < -0.3 is 18.3 Å². The first-order valence-electron chi connectivity index (χ1n) is 35.1. The van der Waals surface area contributed by atoms with Crippen LogP contribution in [0, 0.1) is 0 Å². The molecule has 4 aromatic heterocycles. The van der Waals surface area contributed by atoms with Crippen LogP contribution in [0.25, 0.3) is 187 Å². The Labute approximate surface area is 590 Å². The van der Waals surface area contributed by atoms with Gasteiger partial charge in [-0.05, 0) is 169 Å². The van der Waals surface area contributed by atoms with E-state index in [0.717, 1.165) is 17.1 Å². The van der Waals surface area contributed by atoms with Gasteiger partial charge in [0.2, 0.25) is 0 Å². The molecular weight excluding hydrogens is 1230 g/mol. The summed E-state index contributed by atoms with van der Waals surface area (Å²) in [6.07, 6.45) is 0. The molecule has 102 heavy (non-hydrogen) atoms. The summed E-state index contributed by atoms with van der Waals surface area (Å²) in [4.78, 5) is 0. The summed E-state index contributed by atoms with van der Waals surface area (Å²) in [5.74, 6) is 0. The van der Waals surface area contributed by atoms with Gasteiger partial charge in [-0.15, -0.1) is 0 Å². The molecule has 0 radical (unpaired) electrons. The van der Waals surface area contributed by atoms with Crippen molar-refractivity contribution in [2.45, 2.75) is 0 Å². The number of nitrogens with zero attached hydrogens (tertiary/aromatic N) is 4. The van der Waals surface area contributed by atoms with Crippen molar-refractivity contribution in [1.29, 1.82) is 0 Å². The Kier molecular flexibility index (Phi) is 13.9. The Morgan fingerprint density at radius 3 is 0.833 bits per heavy atom. The molecule has 0 unspecified atom stereocenters. The van der Waals surface area contributed by atoms with Crippen LogP contribution in [0.4, 0.5) is 0 Å². The van der Waals surface area contributed by atoms with Crippen molar-refractivity contribution in [3.05, 3.63) is 388 Å². The van der Waals surface area contributed by atoms with Gasteiger partial charge in [0.25, 0.3) is 0 Å². The molecule has 17 aromatic carbocycles. The molecular formula is C98H64N4. The highest BCUT2D eigenvalue weighted by Crippen LogP contribution is 2.46. The fourth-order valence-corrected chi connectivity index (χ4v) is 16.3. The van der Waals surface area contributed by atoms with Gasteiger partial charge in [-0.2, -0.15) is 0 Å². The molecule has 0 amide bonds. The first kappa shape index (κ1) is 58.6. The van der Waals surface area contributed by atoms with Crippen LogP contribution in [0.2, 0.25) is 0 Å². The fraction of sp³-hybridized carbons (Fsp3) is 0. The topological polar surface area (TPSA) is 19.7 Å². The summed E-state index contributed by atoms with van der Waals surface area (Å²) in [6.45, 7) is 0. The molecule has 0 aliphatic rings. The summed E-state index contributed by atoms with van der Waals surface area (Å²) in [7, 11) is 0. The Morgan fingerprint density at radius 1 is 0.137 bits per heavy atom. The minimum atomic E-state index is 1.15. The maximum Gasteiger partial charge on any atom is 0.0549 e. The van der Waals surface area contributed by atoms with E-state index in [1.165, 1.54) is 170 Å². The third-order valence-electron chi connectivity index (χ3n) is 21.0. The molecule has 0 bridgehead atoms. The number of hydrogen-bond donors (Lipinski definition) is 0. The van der Waals surface area contributed by atoms with Gasteiger partial charge in [0.15, 0.2) is 0 Å². The zero-order chi connectivity index (χ0) is 67.2. The molecule has 0 atom stereocenters. The van der Waals surface area contributed by atoms with Gasteiger partial charge in [-0.3, -0.25) is 0 Å². The van der Waals surface area contributed by atoms with E-state index in [2.05, 4.69) is 407 Å². The van der Waals surface area contributed by atoms with Crippen LogP contribution in [0.3, 0.4) is 0 Å². The molecule has 0 saturated heterocycles. The Morgan fingerprint density at radius 2 is 0.412 bits per heavy atom. The maximum atomic E-state index is 2.45. The van der Waals surface area contributed by atoms with E-state index in [0.29, 0.717) is 0 Å². The molecule has 21 rings (SSSR count). The van der Waals surface area contributed by atoms with E-state index in [-0.39, 0.29) is 0 Å². The standard InChI is InChI=1S/C52H34N2.C46H30N2/c1-3-11-35(12-4-1)37-19-21-38(22-20-37)39-25-28-43(29-26-39)53-47-17-9-7-15-45(47)51-49(53)31-32-50-52(51)46-16-8-10-18-48(46)54(50)44-30-27-41-33-40(23-24-42(41)34-44)36-13-5-2-6-14-36;1-2-11-31(12-3-1)32-21-23-33(24-22-32)34-25-27-36(28-26-34)47-41-18-8-6-16-38(41)45-43(47)29-30-44-46(45)39-17-7-9-19-42(39)48(44)40-20-10-14-35-13-4-5-15-37(35)40/h1-34H;1-30H. The summed E-state index contributed by atoms with van der Waals surface area (Å²) in [5.41, 5.74) is 26.6. The lowest BCUT2D eigenvalue weighted by molar-refractivity contribution is 1.17. The van der Waals surface area contributed by atoms with Gasteiger partial charge in [0.1, 0.15) is 0 Å². The molecule has 0 N–H and O–H groups in total. The average molecular weight is 1300 g/mol. The van der Waals surface area contributed by atoms with Crippen molar-refractivity contribution in [2.24, 2.45) is 0 Å². The smallest absolute Gasteiger partial charge is 0.0549 e. The summed E-state index contributed by atoms with van der Waals surface area (Å²) < 4.78 is 9.75. The third kappa shape index (κ3) is 9.68. The lowest BCUT2D eigenvalue weighted by Gasteiger charge is -2.12. The van der Waals surface area contributed by atoms with Gasteiger partial charge in [-0.1, -0.05) is 291 Å². The number of hydrogen-bond acceptors (Lipinski definition) is 0. The molecule has 21 aromatic rings. The highest BCUT2D eigenvalue weighted by Gasteiger charge is 2.24. The molecule has 4 nitrogen and oxygen atoms in total. The fourth-order valence-electron chi connectivity index (χ4n) is 16.3. The number of fused-ring (bicyclic) bond motifs is 16. The van der Waals surface area contributed by atoms with E-state index in [1.54, 1.807) is 0 Å².